The number of halogens is 3. The highest BCUT2D eigenvalue weighted by Gasteiger charge is 2.60. The van der Waals surface area contributed by atoms with Gasteiger partial charge in [-0.05, 0) is 6.08 Å². The average Bonchev–Trinajstić information content (AvgIpc) is 2.69. The molecule has 0 aliphatic carbocycles. The number of anilines is 1. The summed E-state index contributed by atoms with van der Waals surface area (Å²) < 4.78 is 46.2. The molecule has 8 nitrogen and oxygen atoms in total. The van der Waals surface area contributed by atoms with E-state index in [2.05, 4.69) is 4.98 Å². The van der Waals surface area contributed by atoms with Crippen LogP contribution < -0.4 is 11.4 Å². The maximum absolute atomic E-state index is 13.9. The number of carboxylic acid groups (broad SMARTS) is 1. The van der Waals surface area contributed by atoms with Crippen LogP contribution in [0.3, 0.4) is 0 Å². The fourth-order valence-electron chi connectivity index (χ4n) is 2.04. The molecule has 1 fully saturated rings. The van der Waals surface area contributed by atoms with Crippen LogP contribution in [-0.2, 0) is 9.53 Å². The van der Waals surface area contributed by atoms with Gasteiger partial charge in [0.2, 0.25) is 6.17 Å². The van der Waals surface area contributed by atoms with Crippen molar-refractivity contribution in [3.05, 3.63) is 28.3 Å². The largest absolute Gasteiger partial charge is 0.478 e. The summed E-state index contributed by atoms with van der Waals surface area (Å²) in [6.07, 6.45) is -4.55. The molecular weight excluding hydrogens is 323 g/mol. The SMILES string of the molecule is Nc1nc(=O)n(C2OC(CO)C(F)(F)C2F)cc1/C=C/C(=O)O. The number of aromatic nitrogens is 2. The summed E-state index contributed by atoms with van der Waals surface area (Å²) in [6.45, 7) is -1.15. The van der Waals surface area contributed by atoms with E-state index >= 15 is 0 Å². The van der Waals surface area contributed by atoms with Gasteiger partial charge in [-0.25, -0.2) is 22.8 Å². The second-order valence-electron chi connectivity index (χ2n) is 4.72. The lowest BCUT2D eigenvalue weighted by atomic mass is 10.1. The van der Waals surface area contributed by atoms with Crippen LogP contribution >= 0.6 is 0 Å². The lowest BCUT2D eigenvalue weighted by Crippen LogP contribution is -2.39. The minimum Gasteiger partial charge on any atom is -0.478 e. The van der Waals surface area contributed by atoms with Gasteiger partial charge in [-0.3, -0.25) is 4.57 Å². The second kappa shape index (κ2) is 6.01. The van der Waals surface area contributed by atoms with E-state index in [-0.39, 0.29) is 11.4 Å². The molecule has 1 aromatic rings. The van der Waals surface area contributed by atoms with Crippen LogP contribution in [0.4, 0.5) is 19.0 Å². The van der Waals surface area contributed by atoms with Crippen molar-refractivity contribution in [2.75, 3.05) is 12.3 Å². The lowest BCUT2D eigenvalue weighted by Gasteiger charge is -2.17. The van der Waals surface area contributed by atoms with Crippen molar-refractivity contribution in [3.63, 3.8) is 0 Å². The first-order valence-electron chi connectivity index (χ1n) is 6.26. The molecule has 23 heavy (non-hydrogen) atoms. The number of carbonyl (C=O) groups is 1. The summed E-state index contributed by atoms with van der Waals surface area (Å²) >= 11 is 0. The zero-order valence-electron chi connectivity index (χ0n) is 11.4. The number of nitrogens with two attached hydrogens (primary N) is 1. The minimum atomic E-state index is -4.00. The standard InChI is InChI=1S/C12H12F3N3O5/c13-8-10(23-6(4-19)12(8,14)15)18-3-5(1-2-7(20)21)9(16)17-11(18)22/h1-3,6,8,10,19H,4H2,(H,20,21)(H2,16,17,22)/b2-1+. The Labute approximate surface area is 126 Å². The number of carboxylic acids is 1. The second-order valence-corrected chi connectivity index (χ2v) is 4.72. The van der Waals surface area contributed by atoms with Gasteiger partial charge in [-0.15, -0.1) is 0 Å². The van der Waals surface area contributed by atoms with Gasteiger partial charge in [0, 0.05) is 17.8 Å². The topological polar surface area (TPSA) is 128 Å². The number of ether oxygens (including phenoxy) is 1. The molecule has 1 saturated heterocycles. The summed E-state index contributed by atoms with van der Waals surface area (Å²) in [7, 11) is 0. The van der Waals surface area contributed by atoms with Crippen LogP contribution in [0.5, 0.6) is 0 Å². The predicted octanol–water partition coefficient (Wildman–Crippen LogP) is -0.214. The number of aliphatic carboxylic acids is 1. The Morgan fingerprint density at radius 3 is 2.74 bits per heavy atom. The number of nitrogens with zero attached hydrogens (tertiary/aromatic N) is 2. The predicted molar refractivity (Wildman–Crippen MR) is 70.4 cm³/mol. The molecule has 11 heteroatoms. The molecule has 1 aliphatic rings. The van der Waals surface area contributed by atoms with Crippen LogP contribution in [0.2, 0.25) is 0 Å². The van der Waals surface area contributed by atoms with E-state index in [0.29, 0.717) is 10.6 Å². The minimum absolute atomic E-state index is 0.0986. The summed E-state index contributed by atoms with van der Waals surface area (Å²) in [5, 5.41) is 17.4. The molecule has 2 heterocycles. The molecule has 3 unspecified atom stereocenters. The summed E-state index contributed by atoms with van der Waals surface area (Å²) in [5.41, 5.74) is 4.17. The monoisotopic (exact) mass is 335 g/mol. The molecular formula is C12H12F3N3O5. The van der Waals surface area contributed by atoms with Crippen molar-refractivity contribution in [2.45, 2.75) is 24.4 Å². The van der Waals surface area contributed by atoms with Gasteiger partial charge in [-0.2, -0.15) is 4.98 Å². The third-order valence-electron chi connectivity index (χ3n) is 3.21. The van der Waals surface area contributed by atoms with E-state index in [1.807, 2.05) is 0 Å². The first-order chi connectivity index (χ1) is 10.7. The van der Waals surface area contributed by atoms with Gasteiger partial charge in [0.15, 0.2) is 6.23 Å². The fourth-order valence-corrected chi connectivity index (χ4v) is 2.04. The van der Waals surface area contributed by atoms with Crippen molar-refractivity contribution in [3.8, 4) is 0 Å². The summed E-state index contributed by atoms with van der Waals surface area (Å²) in [4.78, 5) is 25.5. The zero-order valence-corrected chi connectivity index (χ0v) is 11.4. The van der Waals surface area contributed by atoms with Gasteiger partial charge in [0.1, 0.15) is 11.9 Å². The number of aliphatic hydroxyl groups excluding tert-OH is 1. The molecule has 0 bridgehead atoms. The maximum Gasteiger partial charge on any atom is 0.351 e. The quantitative estimate of drug-likeness (QED) is 0.649. The molecule has 0 aromatic carbocycles. The zero-order chi connectivity index (χ0) is 17.4. The summed E-state index contributed by atoms with van der Waals surface area (Å²) in [5.74, 6) is -5.69. The maximum atomic E-state index is 13.9. The van der Waals surface area contributed by atoms with Gasteiger partial charge >= 0.3 is 17.6 Å². The van der Waals surface area contributed by atoms with Crippen LogP contribution in [-0.4, -0.2) is 50.5 Å². The van der Waals surface area contributed by atoms with Crippen LogP contribution in [0.25, 0.3) is 6.08 Å². The number of hydrogen-bond donors (Lipinski definition) is 3. The van der Waals surface area contributed by atoms with Crippen molar-refractivity contribution < 1.29 is 32.9 Å². The molecule has 0 radical (unpaired) electrons. The number of rotatable bonds is 4. The number of nitrogen functional groups attached to an aromatic ring is 1. The van der Waals surface area contributed by atoms with E-state index in [1.54, 1.807) is 0 Å². The molecule has 0 amide bonds. The lowest BCUT2D eigenvalue weighted by molar-refractivity contribution is -0.131. The van der Waals surface area contributed by atoms with Gasteiger partial charge < -0.3 is 20.7 Å². The van der Waals surface area contributed by atoms with Crippen molar-refractivity contribution in [2.24, 2.45) is 0 Å². The van der Waals surface area contributed by atoms with E-state index in [4.69, 9.17) is 20.7 Å². The molecule has 1 aliphatic heterocycles. The Bertz CT molecular complexity index is 706. The van der Waals surface area contributed by atoms with E-state index in [1.165, 1.54) is 0 Å². The number of alkyl halides is 3. The average molecular weight is 335 g/mol. The first kappa shape index (κ1) is 17.0. The molecule has 2 rings (SSSR count). The smallest absolute Gasteiger partial charge is 0.351 e. The van der Waals surface area contributed by atoms with Crippen molar-refractivity contribution >= 4 is 17.9 Å². The Hall–Kier alpha value is -2.40. The summed E-state index contributed by atoms with van der Waals surface area (Å²) in [6, 6.07) is 0. The van der Waals surface area contributed by atoms with E-state index in [9.17, 15) is 22.8 Å². The molecule has 126 valence electrons. The van der Waals surface area contributed by atoms with E-state index in [0.717, 1.165) is 12.3 Å². The highest BCUT2D eigenvalue weighted by molar-refractivity contribution is 5.86. The first-order valence-corrected chi connectivity index (χ1v) is 6.26. The Kier molecular flexibility index (Phi) is 4.43. The molecule has 1 aromatic heterocycles. The van der Waals surface area contributed by atoms with Crippen molar-refractivity contribution in [1.82, 2.24) is 9.55 Å². The van der Waals surface area contributed by atoms with Gasteiger partial charge in [0.25, 0.3) is 0 Å². The third kappa shape index (κ3) is 3.05. The number of aliphatic hydroxyl groups is 1. The van der Waals surface area contributed by atoms with Gasteiger partial charge in [0.05, 0.1) is 6.61 Å². The van der Waals surface area contributed by atoms with Crippen LogP contribution in [0.1, 0.15) is 11.8 Å². The normalized spacial score (nSPS) is 26.7. The van der Waals surface area contributed by atoms with E-state index < -0.39 is 42.7 Å². The Morgan fingerprint density at radius 2 is 2.22 bits per heavy atom. The van der Waals surface area contributed by atoms with Gasteiger partial charge in [-0.1, -0.05) is 0 Å². The molecule has 0 saturated carbocycles. The van der Waals surface area contributed by atoms with Crippen LogP contribution in [0, 0.1) is 0 Å². The molecule has 3 atom stereocenters. The van der Waals surface area contributed by atoms with Crippen LogP contribution in [0.15, 0.2) is 17.1 Å². The Balaban J connectivity index is 2.46. The van der Waals surface area contributed by atoms with Crippen molar-refractivity contribution in [1.29, 1.82) is 0 Å². The fraction of sp³-hybridized carbons (Fsp3) is 0.417. The highest BCUT2D eigenvalue weighted by Crippen LogP contribution is 2.42. The molecule has 0 spiro atoms. The number of hydrogen-bond acceptors (Lipinski definition) is 6. The highest BCUT2D eigenvalue weighted by atomic mass is 19.3. The Morgan fingerprint density at radius 1 is 1.57 bits per heavy atom. The molecule has 4 N–H and O–H groups in total. The third-order valence-corrected chi connectivity index (χ3v) is 3.21.